The first-order valence-corrected chi connectivity index (χ1v) is 10.2. The van der Waals surface area contributed by atoms with Gasteiger partial charge in [0.15, 0.2) is 0 Å². The summed E-state index contributed by atoms with van der Waals surface area (Å²) in [5, 5.41) is 6.05. The van der Waals surface area contributed by atoms with Gasteiger partial charge >= 0.3 is 6.03 Å². The van der Waals surface area contributed by atoms with Crippen LogP contribution in [0.3, 0.4) is 0 Å². The largest absolute Gasteiger partial charge is 0.468 e. The molecule has 2 aliphatic rings. The number of piperidine rings is 2. The fourth-order valence-corrected chi connectivity index (χ4v) is 4.19. The van der Waals surface area contributed by atoms with Crippen LogP contribution >= 0.6 is 0 Å². The Balaban J connectivity index is 1.41. The highest BCUT2D eigenvalue weighted by Crippen LogP contribution is 2.24. The van der Waals surface area contributed by atoms with E-state index in [-0.39, 0.29) is 12.1 Å². The second kappa shape index (κ2) is 9.97. The van der Waals surface area contributed by atoms with Gasteiger partial charge in [0.1, 0.15) is 5.76 Å². The molecule has 2 atom stereocenters. The van der Waals surface area contributed by atoms with Crippen molar-refractivity contribution in [1.29, 1.82) is 0 Å². The van der Waals surface area contributed by atoms with Crippen LogP contribution in [0.15, 0.2) is 22.8 Å². The Hall–Kier alpha value is -1.53. The Morgan fingerprint density at radius 2 is 2.08 bits per heavy atom. The summed E-state index contributed by atoms with van der Waals surface area (Å²) < 4.78 is 5.63. The number of rotatable bonds is 7. The highest BCUT2D eigenvalue weighted by atomic mass is 16.3. The third-order valence-electron chi connectivity index (χ3n) is 5.61. The molecule has 26 heavy (non-hydrogen) atoms. The SMILES string of the molecule is CC1CCCN(CCNC(=O)NCC(c2ccco2)N2CCCCC2)C1. The quantitative estimate of drug-likeness (QED) is 0.783. The average Bonchev–Trinajstić information content (AvgIpc) is 3.17. The zero-order valence-corrected chi connectivity index (χ0v) is 16.1. The number of urea groups is 1. The van der Waals surface area contributed by atoms with Crippen molar-refractivity contribution in [2.75, 3.05) is 45.8 Å². The maximum Gasteiger partial charge on any atom is 0.314 e. The highest BCUT2D eigenvalue weighted by molar-refractivity contribution is 5.73. The van der Waals surface area contributed by atoms with E-state index in [0.29, 0.717) is 13.1 Å². The molecule has 3 heterocycles. The number of nitrogens with zero attached hydrogens (tertiary/aromatic N) is 2. The summed E-state index contributed by atoms with van der Waals surface area (Å²) in [5.74, 6) is 1.71. The van der Waals surface area contributed by atoms with Gasteiger partial charge in [-0.1, -0.05) is 13.3 Å². The minimum Gasteiger partial charge on any atom is -0.468 e. The molecule has 2 N–H and O–H groups in total. The van der Waals surface area contributed by atoms with Crippen LogP contribution in [-0.2, 0) is 0 Å². The number of furan rings is 1. The Morgan fingerprint density at radius 1 is 1.23 bits per heavy atom. The minimum atomic E-state index is -0.0800. The lowest BCUT2D eigenvalue weighted by Gasteiger charge is -2.33. The predicted octanol–water partition coefficient (Wildman–Crippen LogP) is 2.84. The number of carbonyl (C=O) groups is 1. The second-order valence-corrected chi connectivity index (χ2v) is 7.81. The normalized spacial score (nSPS) is 23.5. The summed E-state index contributed by atoms with van der Waals surface area (Å²) in [6.45, 7) is 8.98. The number of hydrogen-bond acceptors (Lipinski definition) is 4. The molecule has 1 aromatic rings. The molecule has 1 aromatic heterocycles. The molecule has 0 spiro atoms. The number of likely N-dealkylation sites (tertiary alicyclic amines) is 2. The van der Waals surface area contributed by atoms with E-state index < -0.39 is 0 Å². The molecule has 0 radical (unpaired) electrons. The van der Waals surface area contributed by atoms with Crippen LogP contribution in [0, 0.1) is 5.92 Å². The molecule has 3 rings (SSSR count). The molecular weight excluding hydrogens is 328 g/mol. The third kappa shape index (κ3) is 5.74. The monoisotopic (exact) mass is 362 g/mol. The van der Waals surface area contributed by atoms with E-state index in [2.05, 4.69) is 27.4 Å². The average molecular weight is 363 g/mol. The lowest BCUT2D eigenvalue weighted by molar-refractivity contribution is 0.143. The van der Waals surface area contributed by atoms with Crippen LogP contribution in [0.4, 0.5) is 4.79 Å². The molecule has 2 unspecified atom stereocenters. The van der Waals surface area contributed by atoms with Gasteiger partial charge in [0.05, 0.1) is 12.3 Å². The lowest BCUT2D eigenvalue weighted by Crippen LogP contribution is -2.46. The maximum atomic E-state index is 12.2. The fourth-order valence-electron chi connectivity index (χ4n) is 4.19. The van der Waals surface area contributed by atoms with Crippen LogP contribution in [0.25, 0.3) is 0 Å². The van der Waals surface area contributed by atoms with Crippen molar-refractivity contribution in [3.05, 3.63) is 24.2 Å². The van der Waals surface area contributed by atoms with Crippen LogP contribution in [0.2, 0.25) is 0 Å². The van der Waals surface area contributed by atoms with E-state index in [0.717, 1.165) is 44.4 Å². The van der Waals surface area contributed by atoms with E-state index in [9.17, 15) is 4.79 Å². The summed E-state index contributed by atoms with van der Waals surface area (Å²) in [6.07, 6.45) is 8.05. The van der Waals surface area contributed by atoms with Crippen LogP contribution in [0.1, 0.15) is 50.8 Å². The van der Waals surface area contributed by atoms with Gasteiger partial charge in [-0.2, -0.15) is 0 Å². The molecule has 0 aliphatic carbocycles. The summed E-state index contributed by atoms with van der Waals surface area (Å²) >= 11 is 0. The van der Waals surface area contributed by atoms with Gasteiger partial charge in [0.25, 0.3) is 0 Å². The Bertz CT molecular complexity index is 528. The molecule has 6 nitrogen and oxygen atoms in total. The molecule has 0 bridgehead atoms. The van der Waals surface area contributed by atoms with Gasteiger partial charge < -0.3 is 20.0 Å². The van der Waals surface area contributed by atoms with E-state index in [1.54, 1.807) is 6.26 Å². The molecule has 2 amide bonds. The zero-order valence-electron chi connectivity index (χ0n) is 16.1. The van der Waals surface area contributed by atoms with E-state index >= 15 is 0 Å². The molecule has 2 fully saturated rings. The van der Waals surface area contributed by atoms with Crippen molar-refractivity contribution in [1.82, 2.24) is 20.4 Å². The molecular formula is C20H34N4O2. The molecule has 2 saturated heterocycles. The van der Waals surface area contributed by atoms with Gasteiger partial charge in [-0.15, -0.1) is 0 Å². The smallest absolute Gasteiger partial charge is 0.314 e. The van der Waals surface area contributed by atoms with Gasteiger partial charge in [-0.3, -0.25) is 4.90 Å². The van der Waals surface area contributed by atoms with Gasteiger partial charge in [-0.25, -0.2) is 4.79 Å². The lowest BCUT2D eigenvalue weighted by atomic mass is 10.0. The highest BCUT2D eigenvalue weighted by Gasteiger charge is 2.25. The predicted molar refractivity (Wildman–Crippen MR) is 103 cm³/mol. The molecule has 0 aromatic carbocycles. The van der Waals surface area contributed by atoms with Crippen LogP contribution in [0.5, 0.6) is 0 Å². The van der Waals surface area contributed by atoms with Crippen molar-refractivity contribution >= 4 is 6.03 Å². The Labute approximate surface area is 157 Å². The summed E-state index contributed by atoms with van der Waals surface area (Å²) in [4.78, 5) is 17.1. The van der Waals surface area contributed by atoms with Gasteiger partial charge in [-0.05, 0) is 63.4 Å². The first-order chi connectivity index (χ1) is 12.7. The van der Waals surface area contributed by atoms with Crippen molar-refractivity contribution in [3.8, 4) is 0 Å². The first kappa shape index (κ1) is 19.2. The van der Waals surface area contributed by atoms with Crippen LogP contribution < -0.4 is 10.6 Å². The number of hydrogen-bond donors (Lipinski definition) is 2. The molecule has 0 saturated carbocycles. The number of amides is 2. The molecule has 2 aliphatic heterocycles. The summed E-state index contributed by atoms with van der Waals surface area (Å²) in [5.41, 5.74) is 0. The maximum absolute atomic E-state index is 12.2. The first-order valence-electron chi connectivity index (χ1n) is 10.2. The Kier molecular flexibility index (Phi) is 7.38. The minimum absolute atomic E-state index is 0.0800. The van der Waals surface area contributed by atoms with Gasteiger partial charge in [0, 0.05) is 26.2 Å². The fraction of sp³-hybridized carbons (Fsp3) is 0.750. The second-order valence-electron chi connectivity index (χ2n) is 7.81. The Morgan fingerprint density at radius 3 is 2.81 bits per heavy atom. The molecule has 6 heteroatoms. The standard InChI is InChI=1S/C20H34N4O2/c1-17-7-5-10-23(16-17)13-9-21-20(25)22-15-18(19-8-6-14-26-19)24-11-3-2-4-12-24/h6,8,14,17-18H,2-5,7,9-13,15-16H2,1H3,(H2,21,22,25). The number of carbonyl (C=O) groups excluding carboxylic acids is 1. The van der Waals surface area contributed by atoms with Crippen LogP contribution in [-0.4, -0.2) is 61.6 Å². The third-order valence-corrected chi connectivity index (χ3v) is 5.61. The van der Waals surface area contributed by atoms with E-state index in [4.69, 9.17) is 4.42 Å². The van der Waals surface area contributed by atoms with Crippen molar-refractivity contribution < 1.29 is 9.21 Å². The zero-order chi connectivity index (χ0) is 18.2. The van der Waals surface area contributed by atoms with E-state index in [1.807, 2.05) is 12.1 Å². The summed E-state index contributed by atoms with van der Waals surface area (Å²) in [6, 6.07) is 3.98. The topological polar surface area (TPSA) is 60.8 Å². The van der Waals surface area contributed by atoms with Crippen molar-refractivity contribution in [3.63, 3.8) is 0 Å². The van der Waals surface area contributed by atoms with E-state index in [1.165, 1.54) is 32.1 Å². The molecule has 146 valence electrons. The van der Waals surface area contributed by atoms with Crippen molar-refractivity contribution in [2.24, 2.45) is 5.92 Å². The van der Waals surface area contributed by atoms with Gasteiger partial charge in [0.2, 0.25) is 0 Å². The number of nitrogens with one attached hydrogen (secondary N) is 2. The summed E-state index contributed by atoms with van der Waals surface area (Å²) in [7, 11) is 0. The van der Waals surface area contributed by atoms with Crippen molar-refractivity contribution in [2.45, 2.75) is 45.1 Å².